The summed E-state index contributed by atoms with van der Waals surface area (Å²) < 4.78 is 6.33. The number of rotatable bonds is 4. The Kier molecular flexibility index (Phi) is 5.11. The summed E-state index contributed by atoms with van der Waals surface area (Å²) in [6, 6.07) is 11.0. The number of pyridine rings is 1. The van der Waals surface area contributed by atoms with Crippen LogP contribution in [0.25, 0.3) is 0 Å². The molecule has 1 aromatic carbocycles. The first-order chi connectivity index (χ1) is 10.8. The van der Waals surface area contributed by atoms with Gasteiger partial charge in [-0.2, -0.15) is 0 Å². The normalized spacial score (nSPS) is 19.1. The highest BCUT2D eigenvalue weighted by Crippen LogP contribution is 2.33. The third-order valence-corrected chi connectivity index (χ3v) is 4.90. The number of nitrogens with zero attached hydrogens (tertiary/aromatic N) is 2. The third-order valence-electron chi connectivity index (χ3n) is 4.28. The molecule has 2 aromatic rings. The zero-order chi connectivity index (χ0) is 15.4. The van der Waals surface area contributed by atoms with Crippen LogP contribution >= 0.6 is 15.9 Å². The molecule has 1 aromatic heterocycles. The van der Waals surface area contributed by atoms with Gasteiger partial charge in [0.25, 0.3) is 0 Å². The zero-order valence-corrected chi connectivity index (χ0v) is 14.4. The molecule has 0 bridgehead atoms. The first-order valence-electron chi connectivity index (χ1n) is 7.74. The minimum atomic E-state index is 0.475. The summed E-state index contributed by atoms with van der Waals surface area (Å²) in [6.45, 7) is 2.10. The highest BCUT2D eigenvalue weighted by molar-refractivity contribution is 9.10. The standard InChI is InChI=1S/C18H21BrN2O/c1-22-18-8-7-14(11-16(18)19)13-21-10-3-2-6-17(21)15-5-4-9-20-12-15/h4-5,7-9,11-12,17H,2-3,6,10,13H2,1H3. The van der Waals surface area contributed by atoms with Gasteiger partial charge in [0.1, 0.15) is 5.75 Å². The predicted octanol–water partition coefficient (Wildman–Crippen LogP) is 4.58. The van der Waals surface area contributed by atoms with Crippen molar-refractivity contribution in [3.05, 3.63) is 58.3 Å². The number of ether oxygens (including phenoxy) is 1. The zero-order valence-electron chi connectivity index (χ0n) is 12.8. The topological polar surface area (TPSA) is 25.4 Å². The minimum Gasteiger partial charge on any atom is -0.496 e. The van der Waals surface area contributed by atoms with E-state index in [9.17, 15) is 0 Å². The minimum absolute atomic E-state index is 0.475. The Morgan fingerprint density at radius 2 is 2.23 bits per heavy atom. The molecule has 1 saturated heterocycles. The molecule has 0 aliphatic carbocycles. The van der Waals surface area contributed by atoms with E-state index in [1.54, 1.807) is 7.11 Å². The highest BCUT2D eigenvalue weighted by atomic mass is 79.9. The number of halogens is 1. The molecule has 0 saturated carbocycles. The van der Waals surface area contributed by atoms with E-state index in [0.29, 0.717) is 6.04 Å². The fourth-order valence-corrected chi connectivity index (χ4v) is 3.76. The molecule has 1 aliphatic rings. The quantitative estimate of drug-likeness (QED) is 0.797. The van der Waals surface area contributed by atoms with Gasteiger partial charge in [0.05, 0.1) is 11.6 Å². The maximum Gasteiger partial charge on any atom is 0.133 e. The van der Waals surface area contributed by atoms with Crippen molar-refractivity contribution in [1.82, 2.24) is 9.88 Å². The van der Waals surface area contributed by atoms with Crippen molar-refractivity contribution in [2.75, 3.05) is 13.7 Å². The maximum atomic E-state index is 5.31. The number of hydrogen-bond donors (Lipinski definition) is 0. The molecular weight excluding hydrogens is 340 g/mol. The Bertz CT molecular complexity index is 618. The van der Waals surface area contributed by atoms with E-state index >= 15 is 0 Å². The second kappa shape index (κ2) is 7.25. The van der Waals surface area contributed by atoms with Gasteiger partial charge in [-0.25, -0.2) is 0 Å². The van der Waals surface area contributed by atoms with E-state index in [2.05, 4.69) is 44.0 Å². The van der Waals surface area contributed by atoms with E-state index in [0.717, 1.165) is 23.3 Å². The Labute approximate surface area is 140 Å². The molecule has 4 heteroatoms. The Morgan fingerprint density at radius 1 is 1.32 bits per heavy atom. The summed E-state index contributed by atoms with van der Waals surface area (Å²) in [4.78, 5) is 6.85. The van der Waals surface area contributed by atoms with Crippen LogP contribution in [-0.4, -0.2) is 23.5 Å². The van der Waals surface area contributed by atoms with E-state index in [-0.39, 0.29) is 0 Å². The fraction of sp³-hybridized carbons (Fsp3) is 0.389. The van der Waals surface area contributed by atoms with Gasteiger partial charge < -0.3 is 4.74 Å². The average Bonchev–Trinajstić information content (AvgIpc) is 2.56. The summed E-state index contributed by atoms with van der Waals surface area (Å²) in [5.74, 6) is 0.881. The van der Waals surface area contributed by atoms with Crippen LogP contribution in [0.3, 0.4) is 0 Å². The molecule has 2 heterocycles. The third kappa shape index (κ3) is 3.50. The Hall–Kier alpha value is -1.39. The molecule has 3 rings (SSSR count). The monoisotopic (exact) mass is 360 g/mol. The first-order valence-corrected chi connectivity index (χ1v) is 8.53. The number of piperidine rings is 1. The summed E-state index contributed by atoms with van der Waals surface area (Å²) in [6.07, 6.45) is 7.63. The van der Waals surface area contributed by atoms with Gasteiger partial charge in [-0.15, -0.1) is 0 Å². The lowest BCUT2D eigenvalue weighted by Gasteiger charge is -2.36. The molecule has 1 fully saturated rings. The molecule has 1 unspecified atom stereocenters. The van der Waals surface area contributed by atoms with Crippen molar-refractivity contribution in [1.29, 1.82) is 0 Å². The van der Waals surface area contributed by atoms with Crippen LogP contribution in [0.5, 0.6) is 5.75 Å². The van der Waals surface area contributed by atoms with E-state index in [1.165, 1.54) is 30.4 Å². The number of benzene rings is 1. The van der Waals surface area contributed by atoms with E-state index in [4.69, 9.17) is 4.74 Å². The second-order valence-corrected chi connectivity index (χ2v) is 6.59. The van der Waals surface area contributed by atoms with Crippen LogP contribution in [0, 0.1) is 0 Å². The number of aromatic nitrogens is 1. The van der Waals surface area contributed by atoms with Gasteiger partial charge in [0, 0.05) is 25.0 Å². The van der Waals surface area contributed by atoms with Crippen LogP contribution in [0.4, 0.5) is 0 Å². The maximum absolute atomic E-state index is 5.31. The van der Waals surface area contributed by atoms with E-state index < -0.39 is 0 Å². The molecule has 0 spiro atoms. The average molecular weight is 361 g/mol. The number of likely N-dealkylation sites (tertiary alicyclic amines) is 1. The van der Waals surface area contributed by atoms with Crippen molar-refractivity contribution in [3.8, 4) is 5.75 Å². The van der Waals surface area contributed by atoms with Gasteiger partial charge in [-0.05, 0) is 64.6 Å². The Balaban J connectivity index is 1.78. The molecule has 22 heavy (non-hydrogen) atoms. The largest absolute Gasteiger partial charge is 0.496 e. The highest BCUT2D eigenvalue weighted by Gasteiger charge is 2.24. The molecule has 116 valence electrons. The molecule has 3 nitrogen and oxygen atoms in total. The molecule has 1 aliphatic heterocycles. The predicted molar refractivity (Wildman–Crippen MR) is 91.9 cm³/mol. The van der Waals surface area contributed by atoms with E-state index in [1.807, 2.05) is 24.5 Å². The second-order valence-electron chi connectivity index (χ2n) is 5.74. The van der Waals surface area contributed by atoms with Gasteiger partial charge >= 0.3 is 0 Å². The van der Waals surface area contributed by atoms with Gasteiger partial charge in [-0.1, -0.05) is 18.6 Å². The molecule has 0 amide bonds. The Morgan fingerprint density at radius 3 is 2.95 bits per heavy atom. The van der Waals surface area contributed by atoms with Crippen molar-refractivity contribution in [2.24, 2.45) is 0 Å². The van der Waals surface area contributed by atoms with Crippen LogP contribution < -0.4 is 4.74 Å². The molecule has 0 N–H and O–H groups in total. The summed E-state index contributed by atoms with van der Waals surface area (Å²) in [7, 11) is 1.70. The number of methoxy groups -OCH3 is 1. The summed E-state index contributed by atoms with van der Waals surface area (Å²) in [5, 5.41) is 0. The number of hydrogen-bond acceptors (Lipinski definition) is 3. The van der Waals surface area contributed by atoms with Crippen molar-refractivity contribution >= 4 is 15.9 Å². The van der Waals surface area contributed by atoms with Gasteiger partial charge in [0.15, 0.2) is 0 Å². The lowest BCUT2D eigenvalue weighted by atomic mass is 9.96. The van der Waals surface area contributed by atoms with Gasteiger partial charge in [-0.3, -0.25) is 9.88 Å². The molecular formula is C18H21BrN2O. The summed E-state index contributed by atoms with van der Waals surface area (Å²) in [5.41, 5.74) is 2.64. The smallest absolute Gasteiger partial charge is 0.133 e. The van der Waals surface area contributed by atoms with Crippen molar-refractivity contribution in [2.45, 2.75) is 31.8 Å². The molecule has 0 radical (unpaired) electrons. The lowest BCUT2D eigenvalue weighted by molar-refractivity contribution is 0.140. The first kappa shape index (κ1) is 15.5. The van der Waals surface area contributed by atoms with Gasteiger partial charge in [0.2, 0.25) is 0 Å². The van der Waals surface area contributed by atoms with Crippen LogP contribution in [-0.2, 0) is 6.54 Å². The lowest BCUT2D eigenvalue weighted by Crippen LogP contribution is -2.33. The van der Waals surface area contributed by atoms with Crippen molar-refractivity contribution in [3.63, 3.8) is 0 Å². The molecule has 1 atom stereocenters. The SMILES string of the molecule is COc1ccc(CN2CCCCC2c2cccnc2)cc1Br. The van der Waals surface area contributed by atoms with Crippen LogP contribution in [0.15, 0.2) is 47.2 Å². The van der Waals surface area contributed by atoms with Crippen molar-refractivity contribution < 1.29 is 4.74 Å². The summed E-state index contributed by atoms with van der Waals surface area (Å²) >= 11 is 3.58. The van der Waals surface area contributed by atoms with Crippen LogP contribution in [0.2, 0.25) is 0 Å². The fourth-order valence-electron chi connectivity index (χ4n) is 3.17. The van der Waals surface area contributed by atoms with Crippen LogP contribution in [0.1, 0.15) is 36.4 Å².